The number of likely N-dealkylation sites (tertiary alicyclic amines) is 1. The molecule has 1 saturated heterocycles. The number of nitrogens with zero attached hydrogens (tertiary/aromatic N) is 1. The van der Waals surface area contributed by atoms with Gasteiger partial charge in [-0.3, -0.25) is 9.69 Å². The van der Waals surface area contributed by atoms with Gasteiger partial charge in [0.05, 0.1) is 0 Å². The highest BCUT2D eigenvalue weighted by Gasteiger charge is 2.40. The maximum absolute atomic E-state index is 11.5. The molecule has 2 aliphatic rings. The lowest BCUT2D eigenvalue weighted by molar-refractivity contribution is 0.0177. The molecule has 1 atom stereocenters. The van der Waals surface area contributed by atoms with Crippen LogP contribution >= 0.6 is 0 Å². The third-order valence-corrected chi connectivity index (χ3v) is 5.62. The number of nitrogens with two attached hydrogens (primary N) is 1. The van der Waals surface area contributed by atoms with Crippen molar-refractivity contribution in [3.63, 3.8) is 0 Å². The minimum absolute atomic E-state index is 0.0393. The van der Waals surface area contributed by atoms with Gasteiger partial charge in [0.15, 0.2) is 5.76 Å². The zero-order valence-corrected chi connectivity index (χ0v) is 15.8. The van der Waals surface area contributed by atoms with Crippen LogP contribution in [0, 0.1) is 11.3 Å². The van der Waals surface area contributed by atoms with Crippen LogP contribution in [0.25, 0.3) is 0 Å². The smallest absolute Gasteiger partial charge is 0.284 e. The first-order valence-electron chi connectivity index (χ1n) is 9.49. The SMILES string of the molecule is CC(C)(C)c1oc(C(N)=O)cc1CN1CCCC(CO)(CC2CC2)C1. The van der Waals surface area contributed by atoms with Gasteiger partial charge in [-0.2, -0.15) is 0 Å². The Bertz CT molecular complexity index is 627. The van der Waals surface area contributed by atoms with Crippen molar-refractivity contribution in [2.45, 2.75) is 64.8 Å². The Labute approximate surface area is 150 Å². The van der Waals surface area contributed by atoms with Gasteiger partial charge < -0.3 is 15.3 Å². The highest BCUT2D eigenvalue weighted by Crippen LogP contribution is 2.44. The molecule has 0 aromatic carbocycles. The first-order valence-corrected chi connectivity index (χ1v) is 9.49. The predicted octanol–water partition coefficient (Wildman–Crippen LogP) is 3.05. The molecular formula is C20H32N2O3. The van der Waals surface area contributed by atoms with Crippen molar-refractivity contribution >= 4 is 5.91 Å². The first-order chi connectivity index (χ1) is 11.7. The van der Waals surface area contributed by atoms with E-state index in [1.807, 2.05) is 0 Å². The maximum Gasteiger partial charge on any atom is 0.284 e. The Kier molecular flexibility index (Phi) is 5.00. The number of piperidine rings is 1. The Morgan fingerprint density at radius 2 is 2.16 bits per heavy atom. The minimum atomic E-state index is -0.520. The minimum Gasteiger partial charge on any atom is -0.455 e. The Hall–Kier alpha value is -1.33. The standard InChI is InChI=1S/C20H32N2O3/c1-19(2,3)17-15(9-16(25-17)18(21)24)11-22-8-4-7-20(12-22,13-23)10-14-5-6-14/h9,14,23H,4-8,10-13H2,1-3H3,(H2,21,24). The number of rotatable bonds is 6. The summed E-state index contributed by atoms with van der Waals surface area (Å²) in [6, 6.07) is 1.80. The lowest BCUT2D eigenvalue weighted by Gasteiger charge is -2.42. The van der Waals surface area contributed by atoms with Crippen molar-refractivity contribution in [3.05, 3.63) is 23.2 Å². The quantitative estimate of drug-likeness (QED) is 0.828. The lowest BCUT2D eigenvalue weighted by atomic mass is 9.76. The summed E-state index contributed by atoms with van der Waals surface area (Å²) in [4.78, 5) is 14.0. The summed E-state index contributed by atoms with van der Waals surface area (Å²) >= 11 is 0. The zero-order valence-electron chi connectivity index (χ0n) is 15.8. The van der Waals surface area contributed by atoms with Gasteiger partial charge in [0, 0.05) is 36.1 Å². The molecule has 2 heterocycles. The van der Waals surface area contributed by atoms with E-state index < -0.39 is 5.91 Å². The van der Waals surface area contributed by atoms with Gasteiger partial charge in [0.1, 0.15) is 5.76 Å². The van der Waals surface area contributed by atoms with Gasteiger partial charge in [-0.15, -0.1) is 0 Å². The summed E-state index contributed by atoms with van der Waals surface area (Å²) in [7, 11) is 0. The van der Waals surface area contributed by atoms with Crippen molar-refractivity contribution in [3.8, 4) is 0 Å². The summed E-state index contributed by atoms with van der Waals surface area (Å²) < 4.78 is 5.78. The predicted molar refractivity (Wildman–Crippen MR) is 97.3 cm³/mol. The second kappa shape index (κ2) is 6.76. The zero-order chi connectivity index (χ0) is 18.2. The molecule has 0 spiro atoms. The number of hydrogen-bond acceptors (Lipinski definition) is 4. The van der Waals surface area contributed by atoms with Gasteiger partial charge in [0.2, 0.25) is 0 Å². The Morgan fingerprint density at radius 3 is 2.72 bits per heavy atom. The van der Waals surface area contributed by atoms with Gasteiger partial charge >= 0.3 is 0 Å². The van der Waals surface area contributed by atoms with E-state index in [1.165, 1.54) is 12.8 Å². The van der Waals surface area contributed by atoms with Crippen molar-refractivity contribution in [2.75, 3.05) is 19.7 Å². The summed E-state index contributed by atoms with van der Waals surface area (Å²) in [6.45, 7) is 9.21. The fourth-order valence-corrected chi connectivity index (χ4v) is 4.28. The maximum atomic E-state index is 11.5. The van der Waals surface area contributed by atoms with Crippen LogP contribution in [0.5, 0.6) is 0 Å². The summed E-state index contributed by atoms with van der Waals surface area (Å²) in [5.41, 5.74) is 6.32. The number of furan rings is 1. The number of carbonyl (C=O) groups excluding carboxylic acids is 1. The monoisotopic (exact) mass is 348 g/mol. The number of hydrogen-bond donors (Lipinski definition) is 2. The molecule has 140 valence electrons. The van der Waals surface area contributed by atoms with Gasteiger partial charge in [-0.05, 0) is 37.8 Å². The molecule has 25 heavy (non-hydrogen) atoms. The second-order valence-corrected chi connectivity index (χ2v) is 9.20. The van der Waals surface area contributed by atoms with E-state index in [9.17, 15) is 9.90 Å². The second-order valence-electron chi connectivity index (χ2n) is 9.20. The molecule has 1 aliphatic carbocycles. The molecule has 3 rings (SSSR count). The molecule has 1 unspecified atom stereocenters. The van der Waals surface area contributed by atoms with Gasteiger partial charge in [0.25, 0.3) is 5.91 Å². The topological polar surface area (TPSA) is 79.7 Å². The van der Waals surface area contributed by atoms with Crippen LogP contribution in [0.4, 0.5) is 0 Å². The molecule has 1 amide bonds. The average Bonchev–Trinajstić information content (AvgIpc) is 3.22. The molecular weight excluding hydrogens is 316 g/mol. The van der Waals surface area contributed by atoms with E-state index in [0.717, 1.165) is 56.1 Å². The van der Waals surface area contributed by atoms with Crippen LogP contribution in [-0.4, -0.2) is 35.6 Å². The average molecular weight is 348 g/mol. The van der Waals surface area contributed by atoms with E-state index in [2.05, 4.69) is 25.7 Å². The summed E-state index contributed by atoms with van der Waals surface area (Å²) in [6.07, 6.45) is 6.00. The number of primary amides is 1. The van der Waals surface area contributed by atoms with Crippen molar-refractivity contribution in [1.29, 1.82) is 0 Å². The molecule has 5 nitrogen and oxygen atoms in total. The van der Waals surface area contributed by atoms with E-state index in [4.69, 9.17) is 10.2 Å². The van der Waals surface area contributed by atoms with Crippen LogP contribution in [0.15, 0.2) is 10.5 Å². The lowest BCUT2D eigenvalue weighted by Crippen LogP contribution is -2.45. The summed E-state index contributed by atoms with van der Waals surface area (Å²) in [5, 5.41) is 10.1. The molecule has 1 aliphatic heterocycles. The molecule has 1 aromatic heterocycles. The highest BCUT2D eigenvalue weighted by atomic mass is 16.4. The third-order valence-electron chi connectivity index (χ3n) is 5.62. The van der Waals surface area contributed by atoms with Crippen molar-refractivity contribution in [1.82, 2.24) is 4.90 Å². The molecule has 0 radical (unpaired) electrons. The Morgan fingerprint density at radius 1 is 1.44 bits per heavy atom. The van der Waals surface area contributed by atoms with Gasteiger partial charge in [-0.25, -0.2) is 0 Å². The van der Waals surface area contributed by atoms with Crippen LogP contribution in [0.3, 0.4) is 0 Å². The third kappa shape index (κ3) is 4.26. The Balaban J connectivity index is 1.77. The van der Waals surface area contributed by atoms with Crippen LogP contribution in [0.2, 0.25) is 0 Å². The normalized spacial score (nSPS) is 25.3. The fourth-order valence-electron chi connectivity index (χ4n) is 4.28. The molecule has 5 heteroatoms. The molecule has 2 fully saturated rings. The van der Waals surface area contributed by atoms with E-state index in [-0.39, 0.29) is 23.2 Å². The van der Waals surface area contributed by atoms with Crippen molar-refractivity contribution in [2.24, 2.45) is 17.1 Å². The van der Waals surface area contributed by atoms with Crippen molar-refractivity contribution < 1.29 is 14.3 Å². The van der Waals surface area contributed by atoms with Crippen LogP contribution in [0.1, 0.15) is 74.8 Å². The molecule has 0 bridgehead atoms. The number of aliphatic hydroxyl groups excluding tert-OH is 1. The number of aliphatic hydroxyl groups is 1. The van der Waals surface area contributed by atoms with E-state index in [0.29, 0.717) is 0 Å². The van der Waals surface area contributed by atoms with Crippen LogP contribution < -0.4 is 5.73 Å². The highest BCUT2D eigenvalue weighted by molar-refractivity contribution is 5.90. The largest absolute Gasteiger partial charge is 0.455 e. The van der Waals surface area contributed by atoms with Crippen LogP contribution in [-0.2, 0) is 12.0 Å². The van der Waals surface area contributed by atoms with E-state index >= 15 is 0 Å². The van der Waals surface area contributed by atoms with Gasteiger partial charge in [-0.1, -0.05) is 33.6 Å². The number of amides is 1. The molecule has 1 aromatic rings. The number of carbonyl (C=O) groups is 1. The fraction of sp³-hybridized carbons (Fsp3) is 0.750. The molecule has 3 N–H and O–H groups in total. The first kappa shape index (κ1) is 18.5. The molecule has 1 saturated carbocycles. The van der Waals surface area contributed by atoms with E-state index in [1.54, 1.807) is 6.07 Å². The summed E-state index contributed by atoms with van der Waals surface area (Å²) in [5.74, 6) is 1.37.